The zero-order valence-electron chi connectivity index (χ0n) is 21.5. The van der Waals surface area contributed by atoms with Gasteiger partial charge >= 0.3 is 0 Å². The summed E-state index contributed by atoms with van der Waals surface area (Å²) in [6.45, 7) is 0.854. The average molecular weight is 533 g/mol. The van der Waals surface area contributed by atoms with Gasteiger partial charge in [-0.2, -0.15) is 0 Å². The van der Waals surface area contributed by atoms with Crippen molar-refractivity contribution in [1.82, 2.24) is 20.1 Å². The number of ether oxygens (including phenoxy) is 2. The maximum Gasteiger partial charge on any atom is 0.256 e. The summed E-state index contributed by atoms with van der Waals surface area (Å²) in [4.78, 5) is 47.4. The first kappa shape index (κ1) is 26.3. The van der Waals surface area contributed by atoms with Crippen LogP contribution in [0.25, 0.3) is 0 Å². The number of piperidine rings is 1. The van der Waals surface area contributed by atoms with Gasteiger partial charge < -0.3 is 19.7 Å². The molecule has 2 aromatic carbocycles. The second-order valence-electron chi connectivity index (χ2n) is 9.56. The number of methoxy groups -OCH3 is 1. The van der Waals surface area contributed by atoms with Crippen molar-refractivity contribution >= 4 is 17.7 Å². The minimum Gasteiger partial charge on any atom is -0.497 e. The second kappa shape index (κ2) is 11.2. The van der Waals surface area contributed by atoms with Crippen molar-refractivity contribution in [2.75, 3.05) is 26.8 Å². The Bertz CT molecular complexity index is 1340. The van der Waals surface area contributed by atoms with E-state index in [0.717, 1.165) is 5.56 Å². The SMILES string of the molecule is COc1ccc(C(=O)N2C(C(=O)NCc3cccnc3)COC23CCN(C(=O)c2cccc(F)c2)CC3)cc1. The fraction of sp³-hybridized carbons (Fsp3) is 0.310. The van der Waals surface area contributed by atoms with Gasteiger partial charge in [-0.3, -0.25) is 24.3 Å². The molecule has 3 amide bonds. The fourth-order valence-electron chi connectivity index (χ4n) is 5.11. The lowest BCUT2D eigenvalue weighted by Gasteiger charge is -2.44. The van der Waals surface area contributed by atoms with Crippen LogP contribution >= 0.6 is 0 Å². The molecule has 39 heavy (non-hydrogen) atoms. The number of benzene rings is 2. The van der Waals surface area contributed by atoms with E-state index in [4.69, 9.17) is 9.47 Å². The number of aromatic nitrogens is 1. The van der Waals surface area contributed by atoms with E-state index < -0.39 is 17.6 Å². The summed E-state index contributed by atoms with van der Waals surface area (Å²) in [5, 5.41) is 2.90. The number of pyridine rings is 1. The highest BCUT2D eigenvalue weighted by Gasteiger charge is 2.54. The molecule has 1 N–H and O–H groups in total. The van der Waals surface area contributed by atoms with E-state index in [9.17, 15) is 18.8 Å². The lowest BCUT2D eigenvalue weighted by atomic mass is 9.96. The van der Waals surface area contributed by atoms with Gasteiger partial charge in [-0.05, 0) is 54.1 Å². The van der Waals surface area contributed by atoms with Gasteiger partial charge in [0.2, 0.25) is 5.91 Å². The molecular weight excluding hydrogens is 503 g/mol. The molecule has 0 aliphatic carbocycles. The molecule has 3 aromatic rings. The highest BCUT2D eigenvalue weighted by molar-refractivity contribution is 5.99. The normalized spacial score (nSPS) is 18.2. The number of likely N-dealkylation sites (tertiary alicyclic amines) is 1. The maximum atomic E-state index is 13.9. The Balaban J connectivity index is 1.36. The van der Waals surface area contributed by atoms with Gasteiger partial charge in [0.05, 0.1) is 13.7 Å². The summed E-state index contributed by atoms with van der Waals surface area (Å²) < 4.78 is 25.1. The Morgan fingerprint density at radius 2 is 1.82 bits per heavy atom. The molecule has 2 aliphatic heterocycles. The third-order valence-electron chi connectivity index (χ3n) is 7.21. The predicted octanol–water partition coefficient (Wildman–Crippen LogP) is 3.02. The summed E-state index contributed by atoms with van der Waals surface area (Å²) in [7, 11) is 1.54. The van der Waals surface area contributed by atoms with Gasteiger partial charge in [-0.1, -0.05) is 12.1 Å². The van der Waals surface area contributed by atoms with Crippen molar-refractivity contribution in [2.45, 2.75) is 31.2 Å². The van der Waals surface area contributed by atoms with E-state index in [-0.39, 0.29) is 49.5 Å². The van der Waals surface area contributed by atoms with E-state index in [1.54, 1.807) is 60.8 Å². The van der Waals surface area contributed by atoms with Gasteiger partial charge in [0, 0.05) is 56.0 Å². The largest absolute Gasteiger partial charge is 0.497 e. The number of hydrogen-bond donors (Lipinski definition) is 1. The van der Waals surface area contributed by atoms with E-state index in [0.29, 0.717) is 24.2 Å². The summed E-state index contributed by atoms with van der Waals surface area (Å²) in [5.74, 6) is -0.850. The Kier molecular flexibility index (Phi) is 7.56. The first-order valence-electron chi connectivity index (χ1n) is 12.7. The summed E-state index contributed by atoms with van der Waals surface area (Å²) >= 11 is 0. The minimum atomic E-state index is -1.06. The summed E-state index contributed by atoms with van der Waals surface area (Å²) in [5.41, 5.74) is 0.421. The smallest absolute Gasteiger partial charge is 0.256 e. The van der Waals surface area contributed by atoms with Crippen LogP contribution in [0, 0.1) is 5.82 Å². The van der Waals surface area contributed by atoms with Crippen molar-refractivity contribution in [1.29, 1.82) is 0 Å². The van der Waals surface area contributed by atoms with Crippen LogP contribution in [0.3, 0.4) is 0 Å². The number of nitrogens with one attached hydrogen (secondary N) is 1. The number of carbonyl (C=O) groups is 3. The number of halogens is 1. The quantitative estimate of drug-likeness (QED) is 0.524. The third kappa shape index (κ3) is 5.46. The van der Waals surface area contributed by atoms with Crippen LogP contribution in [0.1, 0.15) is 39.1 Å². The Labute approximate surface area is 225 Å². The van der Waals surface area contributed by atoms with Gasteiger partial charge in [0.25, 0.3) is 11.8 Å². The highest BCUT2D eigenvalue weighted by Crippen LogP contribution is 2.39. The van der Waals surface area contributed by atoms with Crippen molar-refractivity contribution in [3.8, 4) is 5.75 Å². The molecule has 1 aromatic heterocycles. The Morgan fingerprint density at radius 3 is 2.49 bits per heavy atom. The van der Waals surface area contributed by atoms with Gasteiger partial charge in [0.15, 0.2) is 0 Å². The molecule has 2 saturated heterocycles. The zero-order chi connectivity index (χ0) is 27.4. The van der Waals surface area contributed by atoms with Crippen LogP contribution in [0.5, 0.6) is 5.75 Å². The lowest BCUT2D eigenvalue weighted by molar-refractivity contribution is -0.128. The molecule has 2 aliphatic rings. The fourth-order valence-corrected chi connectivity index (χ4v) is 5.11. The van der Waals surface area contributed by atoms with Crippen LogP contribution in [0.2, 0.25) is 0 Å². The monoisotopic (exact) mass is 532 g/mol. The van der Waals surface area contributed by atoms with Crippen molar-refractivity contribution in [2.24, 2.45) is 0 Å². The number of carbonyl (C=O) groups excluding carboxylic acids is 3. The van der Waals surface area contributed by atoms with Gasteiger partial charge in [-0.15, -0.1) is 0 Å². The first-order valence-corrected chi connectivity index (χ1v) is 12.7. The van der Waals surface area contributed by atoms with Crippen molar-refractivity contribution in [3.05, 3.63) is 95.6 Å². The van der Waals surface area contributed by atoms with Crippen LogP contribution in [-0.2, 0) is 16.1 Å². The molecule has 3 heterocycles. The molecule has 0 saturated carbocycles. The molecule has 1 spiro atoms. The van der Waals surface area contributed by atoms with Gasteiger partial charge in [0.1, 0.15) is 23.3 Å². The molecule has 5 rings (SSSR count). The first-order chi connectivity index (χ1) is 18.9. The van der Waals surface area contributed by atoms with Crippen LogP contribution in [-0.4, -0.2) is 71.1 Å². The third-order valence-corrected chi connectivity index (χ3v) is 7.21. The van der Waals surface area contributed by atoms with Crippen molar-refractivity contribution in [3.63, 3.8) is 0 Å². The lowest BCUT2D eigenvalue weighted by Crippen LogP contribution is -2.59. The standard InChI is InChI=1S/C29H29FN4O5/c1-38-24-9-7-21(8-10-24)28(37)34-25(26(35)32-18-20-4-3-13-31-17-20)19-39-29(34)11-14-33(15-12-29)27(36)22-5-2-6-23(30)16-22/h2-10,13,16-17,25H,11-12,14-15,18-19H2,1H3,(H,32,35). The zero-order valence-corrected chi connectivity index (χ0v) is 21.5. The van der Waals surface area contributed by atoms with Crippen LogP contribution in [0.4, 0.5) is 4.39 Å². The highest BCUT2D eigenvalue weighted by atomic mass is 19.1. The van der Waals surface area contributed by atoms with Gasteiger partial charge in [-0.25, -0.2) is 4.39 Å². The number of rotatable bonds is 6. The number of amides is 3. The molecular formula is C29H29FN4O5. The average Bonchev–Trinajstić information content (AvgIpc) is 3.34. The number of hydrogen-bond acceptors (Lipinski definition) is 6. The Hall–Kier alpha value is -4.31. The van der Waals surface area contributed by atoms with Crippen LogP contribution in [0.15, 0.2) is 73.1 Å². The number of nitrogens with zero attached hydrogens (tertiary/aromatic N) is 3. The topological polar surface area (TPSA) is 101 Å². The molecule has 0 radical (unpaired) electrons. The molecule has 2 fully saturated rings. The van der Waals surface area contributed by atoms with E-state index in [2.05, 4.69) is 10.3 Å². The van der Waals surface area contributed by atoms with Crippen molar-refractivity contribution < 1.29 is 28.2 Å². The Morgan fingerprint density at radius 1 is 1.05 bits per heavy atom. The van der Waals surface area contributed by atoms with E-state index >= 15 is 0 Å². The molecule has 9 nitrogen and oxygen atoms in total. The molecule has 1 atom stereocenters. The molecule has 0 bridgehead atoms. The molecule has 202 valence electrons. The molecule has 1 unspecified atom stereocenters. The molecule has 10 heteroatoms. The van der Waals surface area contributed by atoms with E-state index in [1.165, 1.54) is 23.1 Å². The summed E-state index contributed by atoms with van der Waals surface area (Å²) in [6.07, 6.45) is 3.93. The maximum absolute atomic E-state index is 13.9. The summed E-state index contributed by atoms with van der Waals surface area (Å²) in [6, 6.07) is 15.0. The predicted molar refractivity (Wildman–Crippen MR) is 139 cm³/mol. The van der Waals surface area contributed by atoms with E-state index in [1.807, 2.05) is 6.07 Å². The second-order valence-corrected chi connectivity index (χ2v) is 9.56. The van der Waals surface area contributed by atoms with Crippen LogP contribution < -0.4 is 10.1 Å². The minimum absolute atomic E-state index is 0.0264.